The maximum atomic E-state index is 11.3. The highest BCUT2D eigenvalue weighted by molar-refractivity contribution is 5.76. The SMILES string of the molecule is Cc1ccc2c(c1)CCCN2c1ncnc(N)c1[N+](=O)[O-]. The van der Waals surface area contributed by atoms with Crippen LogP contribution in [0, 0.1) is 17.0 Å². The minimum Gasteiger partial charge on any atom is -0.378 e. The predicted octanol–water partition coefficient (Wildman–Crippen LogP) is 2.36. The van der Waals surface area contributed by atoms with Crippen molar-refractivity contribution in [2.45, 2.75) is 19.8 Å². The summed E-state index contributed by atoms with van der Waals surface area (Å²) in [5.74, 6) is 0.154. The third kappa shape index (κ3) is 2.26. The van der Waals surface area contributed by atoms with E-state index in [1.165, 1.54) is 17.5 Å². The van der Waals surface area contributed by atoms with Crippen LogP contribution in [0.15, 0.2) is 24.5 Å². The van der Waals surface area contributed by atoms with Crippen LogP contribution in [0.1, 0.15) is 17.5 Å². The van der Waals surface area contributed by atoms with Gasteiger partial charge in [-0.25, -0.2) is 9.97 Å². The number of aromatic nitrogens is 2. The number of benzene rings is 1. The summed E-state index contributed by atoms with van der Waals surface area (Å²) >= 11 is 0. The number of nitrogens with two attached hydrogens (primary N) is 1. The third-order valence-electron chi connectivity index (χ3n) is 3.62. The van der Waals surface area contributed by atoms with E-state index in [-0.39, 0.29) is 17.3 Å². The zero-order valence-electron chi connectivity index (χ0n) is 11.6. The van der Waals surface area contributed by atoms with Crippen LogP contribution in [-0.2, 0) is 6.42 Å². The Kier molecular flexibility index (Phi) is 3.17. The van der Waals surface area contributed by atoms with Gasteiger partial charge in [-0.2, -0.15) is 0 Å². The van der Waals surface area contributed by atoms with Crippen molar-refractivity contribution in [2.24, 2.45) is 0 Å². The summed E-state index contributed by atoms with van der Waals surface area (Å²) in [5, 5.41) is 11.3. The van der Waals surface area contributed by atoms with Crippen molar-refractivity contribution in [3.63, 3.8) is 0 Å². The van der Waals surface area contributed by atoms with Gasteiger partial charge < -0.3 is 10.6 Å². The average molecular weight is 285 g/mol. The van der Waals surface area contributed by atoms with E-state index in [0.717, 1.165) is 18.5 Å². The molecule has 0 saturated carbocycles. The van der Waals surface area contributed by atoms with E-state index in [9.17, 15) is 10.1 Å². The standard InChI is InChI=1S/C14H15N5O2/c1-9-4-5-11-10(7-9)3-2-6-18(11)14-12(19(20)21)13(15)16-8-17-14/h4-5,7-8H,2-3,6H2,1H3,(H2,15,16,17). The van der Waals surface area contributed by atoms with Crippen LogP contribution in [0.4, 0.5) is 23.0 Å². The molecule has 0 unspecified atom stereocenters. The lowest BCUT2D eigenvalue weighted by atomic mass is 9.99. The number of hydrogen-bond donors (Lipinski definition) is 1. The van der Waals surface area contributed by atoms with Gasteiger partial charge in [0, 0.05) is 12.2 Å². The molecule has 0 spiro atoms. The molecule has 2 aromatic rings. The Balaban J connectivity index is 2.16. The highest BCUT2D eigenvalue weighted by Gasteiger charge is 2.29. The minimum absolute atomic E-state index is 0.107. The molecule has 1 aromatic carbocycles. The molecule has 1 aliphatic heterocycles. The normalized spacial score (nSPS) is 13.9. The summed E-state index contributed by atoms with van der Waals surface area (Å²) in [6.45, 7) is 2.71. The van der Waals surface area contributed by atoms with E-state index >= 15 is 0 Å². The minimum atomic E-state index is -0.521. The Morgan fingerprint density at radius 1 is 1.38 bits per heavy atom. The number of hydrogen-bond acceptors (Lipinski definition) is 6. The second-order valence-electron chi connectivity index (χ2n) is 5.08. The Bertz CT molecular complexity index is 717. The molecule has 3 rings (SSSR count). The van der Waals surface area contributed by atoms with Gasteiger partial charge in [-0.05, 0) is 31.4 Å². The van der Waals surface area contributed by atoms with Crippen molar-refractivity contribution in [2.75, 3.05) is 17.2 Å². The van der Waals surface area contributed by atoms with Crippen LogP contribution in [0.3, 0.4) is 0 Å². The van der Waals surface area contributed by atoms with Crippen LogP contribution in [-0.4, -0.2) is 21.4 Å². The summed E-state index contributed by atoms with van der Waals surface area (Å²) in [7, 11) is 0. The van der Waals surface area contributed by atoms with Crippen molar-refractivity contribution < 1.29 is 4.92 Å². The summed E-state index contributed by atoms with van der Waals surface area (Å²) in [5.41, 5.74) is 8.72. The fourth-order valence-corrected chi connectivity index (χ4v) is 2.70. The van der Waals surface area contributed by atoms with Crippen LogP contribution in [0.5, 0.6) is 0 Å². The molecule has 0 atom stereocenters. The molecule has 7 nitrogen and oxygen atoms in total. The quantitative estimate of drug-likeness (QED) is 0.671. The van der Waals surface area contributed by atoms with Crippen molar-refractivity contribution in [3.8, 4) is 0 Å². The molecule has 0 bridgehead atoms. The van der Waals surface area contributed by atoms with Crippen LogP contribution >= 0.6 is 0 Å². The van der Waals surface area contributed by atoms with Crippen LogP contribution in [0.25, 0.3) is 0 Å². The third-order valence-corrected chi connectivity index (χ3v) is 3.62. The highest BCUT2D eigenvalue weighted by atomic mass is 16.6. The van der Waals surface area contributed by atoms with Crippen LogP contribution < -0.4 is 10.6 Å². The molecule has 0 fully saturated rings. The fourth-order valence-electron chi connectivity index (χ4n) is 2.70. The number of nitrogen functional groups attached to an aromatic ring is 1. The van der Waals surface area contributed by atoms with E-state index in [1.807, 2.05) is 24.0 Å². The molecule has 0 amide bonds. The van der Waals surface area contributed by atoms with Crippen molar-refractivity contribution in [1.29, 1.82) is 0 Å². The van der Waals surface area contributed by atoms with Gasteiger partial charge in [0.15, 0.2) is 0 Å². The number of fused-ring (bicyclic) bond motifs is 1. The largest absolute Gasteiger partial charge is 0.378 e. The summed E-state index contributed by atoms with van der Waals surface area (Å²) in [6, 6.07) is 6.08. The van der Waals surface area contributed by atoms with E-state index in [1.54, 1.807) is 0 Å². The molecule has 0 radical (unpaired) electrons. The Hall–Kier alpha value is -2.70. The molecule has 2 N–H and O–H groups in total. The first kappa shape index (κ1) is 13.3. The lowest BCUT2D eigenvalue weighted by Gasteiger charge is -2.30. The average Bonchev–Trinajstić information content (AvgIpc) is 2.45. The van der Waals surface area contributed by atoms with Crippen molar-refractivity contribution in [1.82, 2.24) is 9.97 Å². The Morgan fingerprint density at radius 3 is 2.95 bits per heavy atom. The molecular weight excluding hydrogens is 270 g/mol. The van der Waals surface area contributed by atoms with Crippen molar-refractivity contribution in [3.05, 3.63) is 45.8 Å². The molecule has 0 saturated heterocycles. The molecule has 2 heterocycles. The molecule has 21 heavy (non-hydrogen) atoms. The number of aryl methyl sites for hydroxylation is 2. The highest BCUT2D eigenvalue weighted by Crippen LogP contribution is 2.38. The van der Waals surface area contributed by atoms with E-state index < -0.39 is 4.92 Å². The van der Waals surface area contributed by atoms with E-state index in [2.05, 4.69) is 16.0 Å². The second-order valence-corrected chi connectivity index (χ2v) is 5.08. The van der Waals surface area contributed by atoms with Gasteiger partial charge in [0.2, 0.25) is 11.6 Å². The molecular formula is C14H15N5O2. The topological polar surface area (TPSA) is 98.2 Å². The van der Waals surface area contributed by atoms with Crippen LogP contribution in [0.2, 0.25) is 0 Å². The van der Waals surface area contributed by atoms with Gasteiger partial charge in [0.1, 0.15) is 6.33 Å². The molecule has 1 aromatic heterocycles. The van der Waals surface area contributed by atoms with Crippen molar-refractivity contribution >= 4 is 23.0 Å². The number of rotatable bonds is 2. The number of nitro groups is 1. The number of nitrogens with zero attached hydrogens (tertiary/aromatic N) is 4. The maximum absolute atomic E-state index is 11.3. The predicted molar refractivity (Wildman–Crippen MR) is 79.6 cm³/mol. The zero-order valence-corrected chi connectivity index (χ0v) is 11.6. The first-order valence-electron chi connectivity index (χ1n) is 6.70. The fraction of sp³-hybridized carbons (Fsp3) is 0.286. The van der Waals surface area contributed by atoms with Gasteiger partial charge in [0.05, 0.1) is 4.92 Å². The first-order chi connectivity index (χ1) is 10.1. The van der Waals surface area contributed by atoms with Gasteiger partial charge >= 0.3 is 5.69 Å². The zero-order chi connectivity index (χ0) is 15.0. The number of anilines is 3. The summed E-state index contributed by atoms with van der Waals surface area (Å²) in [6.07, 6.45) is 3.14. The molecule has 1 aliphatic rings. The lowest BCUT2D eigenvalue weighted by molar-refractivity contribution is -0.383. The van der Waals surface area contributed by atoms with E-state index in [0.29, 0.717) is 6.54 Å². The summed E-state index contributed by atoms with van der Waals surface area (Å²) < 4.78 is 0. The molecule has 0 aliphatic carbocycles. The maximum Gasteiger partial charge on any atom is 0.353 e. The van der Waals surface area contributed by atoms with Gasteiger partial charge in [0.25, 0.3) is 0 Å². The van der Waals surface area contributed by atoms with Gasteiger partial charge in [-0.15, -0.1) is 0 Å². The van der Waals surface area contributed by atoms with Gasteiger partial charge in [-0.3, -0.25) is 10.1 Å². The Labute approximate surface area is 121 Å². The Morgan fingerprint density at radius 2 is 2.19 bits per heavy atom. The molecule has 7 heteroatoms. The smallest absolute Gasteiger partial charge is 0.353 e. The molecule has 108 valence electrons. The lowest BCUT2D eigenvalue weighted by Crippen LogP contribution is -2.26. The van der Waals surface area contributed by atoms with Gasteiger partial charge in [-0.1, -0.05) is 17.7 Å². The second kappa shape index (κ2) is 5.01. The van der Waals surface area contributed by atoms with E-state index in [4.69, 9.17) is 5.73 Å². The monoisotopic (exact) mass is 285 g/mol. The first-order valence-corrected chi connectivity index (χ1v) is 6.70. The summed E-state index contributed by atoms with van der Waals surface area (Å²) in [4.78, 5) is 20.4.